The number of fused-ring (bicyclic) bond motifs is 1. The summed E-state index contributed by atoms with van der Waals surface area (Å²) in [4.78, 5) is 43.6. The molecule has 0 bridgehead atoms. The van der Waals surface area contributed by atoms with Gasteiger partial charge >= 0.3 is 0 Å². The highest BCUT2D eigenvalue weighted by molar-refractivity contribution is 7.89. The summed E-state index contributed by atoms with van der Waals surface area (Å²) in [6, 6.07) is 26.1. The molecule has 0 aromatic heterocycles. The molecular formula is C45H52ClN5O8S. The van der Waals surface area contributed by atoms with Crippen LogP contribution in [0.1, 0.15) is 66.3 Å². The number of nitrogens with one attached hydrogen (secondary N) is 1. The van der Waals surface area contributed by atoms with Crippen LogP contribution in [0.2, 0.25) is 0 Å². The van der Waals surface area contributed by atoms with Gasteiger partial charge in [-0.15, -0.1) is 0 Å². The number of aliphatic imine (C=N–C) groups is 1. The highest BCUT2D eigenvalue weighted by Crippen LogP contribution is 2.34. The Bertz CT molecular complexity index is 2290. The molecule has 2 amide bonds. The van der Waals surface area contributed by atoms with Gasteiger partial charge in [-0.1, -0.05) is 31.2 Å². The molecule has 15 heteroatoms. The van der Waals surface area contributed by atoms with Crippen LogP contribution in [0.3, 0.4) is 0 Å². The summed E-state index contributed by atoms with van der Waals surface area (Å²) in [6.45, 7) is 9.01. The second-order valence-electron chi connectivity index (χ2n) is 14.2. The number of aliphatic hydroxyl groups is 1. The molecule has 1 saturated heterocycles. The lowest BCUT2D eigenvalue weighted by Gasteiger charge is -2.36. The maximum Gasteiger partial charge on any atom is 0.252 e. The summed E-state index contributed by atoms with van der Waals surface area (Å²) in [5, 5.41) is 11.8. The average Bonchev–Trinajstić information content (AvgIpc) is 3.39. The van der Waals surface area contributed by atoms with Crippen LogP contribution < -0.4 is 20.5 Å². The zero-order valence-corrected chi connectivity index (χ0v) is 35.7. The van der Waals surface area contributed by atoms with E-state index in [1.165, 1.54) is 4.31 Å². The first-order valence-electron chi connectivity index (χ1n) is 20.0. The third-order valence-electron chi connectivity index (χ3n) is 9.75. The molecule has 318 valence electrons. The SMILES string of the molecule is CCCN(CCCNC(=O)c1ccc(OCC)cc1)C(=O)C1=Cc2ccc(-c3cccc(S(=O)(=O)N4CC(CO)C4)c3)cc2N=C(N)C1.CCOc1ccc(C(=O)Cl)cc1. The summed E-state index contributed by atoms with van der Waals surface area (Å²) in [6.07, 6.45) is 3.37. The van der Waals surface area contributed by atoms with Crippen LogP contribution in [0.4, 0.5) is 5.69 Å². The van der Waals surface area contributed by atoms with Gasteiger partial charge < -0.3 is 30.5 Å². The lowest BCUT2D eigenvalue weighted by molar-refractivity contribution is -0.127. The van der Waals surface area contributed by atoms with Gasteiger partial charge in [0.15, 0.2) is 0 Å². The highest BCUT2D eigenvalue weighted by Gasteiger charge is 2.36. The minimum absolute atomic E-state index is 0.0297. The Morgan fingerprint density at radius 2 is 1.52 bits per heavy atom. The standard InChI is InChI=1S/C36H43N5O6S.C9H9ClO2/c1-3-16-40(17-6-15-38-35(43)26-11-13-31(14-12-26)47-4-2)36(44)30-18-29-10-9-28(20-33(29)39-34(37)21-30)27-7-5-8-32(19-27)48(45,46)41-22-25(23-41)24-42;1-2-12-8-5-3-7(4-6-8)9(10)11/h5,7-14,18-20,25,42H,3-4,6,15-17,21-24H2,1-2H3,(H2,37,39)(H,38,43);3-6H,2H2,1H3. The minimum Gasteiger partial charge on any atom is -0.494 e. The fraction of sp³-hybridized carbons (Fsp3) is 0.333. The second-order valence-corrected chi connectivity index (χ2v) is 16.5. The number of halogens is 1. The van der Waals surface area contributed by atoms with Crippen molar-refractivity contribution in [2.45, 2.75) is 44.9 Å². The van der Waals surface area contributed by atoms with Crippen LogP contribution >= 0.6 is 11.6 Å². The molecule has 0 saturated carbocycles. The molecule has 0 atom stereocenters. The van der Waals surface area contributed by atoms with E-state index in [4.69, 9.17) is 26.8 Å². The van der Waals surface area contributed by atoms with Gasteiger partial charge in [-0.25, -0.2) is 13.4 Å². The van der Waals surface area contributed by atoms with Crippen LogP contribution in [0.25, 0.3) is 17.2 Å². The molecule has 1 fully saturated rings. The minimum atomic E-state index is -3.67. The number of rotatable bonds is 17. The monoisotopic (exact) mass is 857 g/mol. The molecular weight excluding hydrogens is 806 g/mol. The number of carbonyl (C=O) groups is 3. The average molecular weight is 858 g/mol. The normalized spacial score (nSPS) is 13.9. The van der Waals surface area contributed by atoms with E-state index in [2.05, 4.69) is 10.3 Å². The van der Waals surface area contributed by atoms with Crippen molar-refractivity contribution in [2.24, 2.45) is 16.6 Å². The molecule has 4 aromatic rings. The topological polar surface area (TPSA) is 181 Å². The number of ether oxygens (including phenoxy) is 2. The van der Waals surface area contributed by atoms with Crippen molar-refractivity contribution < 1.29 is 37.4 Å². The molecule has 4 aromatic carbocycles. The number of carbonyl (C=O) groups excluding carboxylic acids is 3. The quantitative estimate of drug-likeness (QED) is 0.0773. The van der Waals surface area contributed by atoms with Crippen molar-refractivity contribution >= 4 is 56.3 Å². The maximum atomic E-state index is 13.7. The molecule has 60 heavy (non-hydrogen) atoms. The van der Waals surface area contributed by atoms with E-state index in [0.29, 0.717) is 91.9 Å². The molecule has 4 N–H and O–H groups in total. The van der Waals surface area contributed by atoms with Crippen LogP contribution in [-0.2, 0) is 14.8 Å². The van der Waals surface area contributed by atoms with Gasteiger partial charge in [-0.3, -0.25) is 14.4 Å². The molecule has 2 aliphatic rings. The van der Waals surface area contributed by atoms with Crippen molar-refractivity contribution in [2.75, 3.05) is 52.5 Å². The number of hydrogen-bond acceptors (Lipinski definition) is 10. The zero-order chi connectivity index (χ0) is 43.2. The summed E-state index contributed by atoms with van der Waals surface area (Å²) in [5.41, 5.74) is 10.7. The molecule has 2 aliphatic heterocycles. The number of hydrogen-bond donors (Lipinski definition) is 3. The van der Waals surface area contributed by atoms with Gasteiger partial charge in [0.05, 0.1) is 23.8 Å². The number of amides is 2. The first-order chi connectivity index (χ1) is 28.9. The number of amidine groups is 1. The molecule has 6 rings (SSSR count). The van der Waals surface area contributed by atoms with Crippen molar-refractivity contribution in [3.8, 4) is 22.6 Å². The molecule has 0 spiro atoms. The molecule has 0 aliphatic carbocycles. The van der Waals surface area contributed by atoms with E-state index in [1.54, 1.807) is 71.6 Å². The van der Waals surface area contributed by atoms with Gasteiger partial charge in [-0.2, -0.15) is 4.31 Å². The van der Waals surface area contributed by atoms with Gasteiger partial charge in [0, 0.05) is 73.9 Å². The first kappa shape index (κ1) is 45.5. The van der Waals surface area contributed by atoms with Gasteiger partial charge in [0.1, 0.15) is 17.3 Å². The number of aliphatic hydroxyl groups excluding tert-OH is 1. The van der Waals surface area contributed by atoms with Crippen LogP contribution in [0.15, 0.2) is 106 Å². The van der Waals surface area contributed by atoms with Crippen LogP contribution in [-0.4, -0.2) is 98.2 Å². The van der Waals surface area contributed by atoms with Gasteiger partial charge in [0.2, 0.25) is 15.9 Å². The van der Waals surface area contributed by atoms with E-state index >= 15 is 0 Å². The third kappa shape index (κ3) is 12.0. The van der Waals surface area contributed by atoms with Crippen molar-refractivity contribution in [1.82, 2.24) is 14.5 Å². The smallest absolute Gasteiger partial charge is 0.252 e. The molecule has 0 unspecified atom stereocenters. The summed E-state index contributed by atoms with van der Waals surface area (Å²) >= 11 is 5.25. The number of benzene rings is 4. The fourth-order valence-electron chi connectivity index (χ4n) is 6.61. The predicted molar refractivity (Wildman–Crippen MR) is 234 cm³/mol. The van der Waals surface area contributed by atoms with E-state index in [9.17, 15) is 27.9 Å². The summed E-state index contributed by atoms with van der Waals surface area (Å²) in [7, 11) is -3.67. The number of nitrogens with zero attached hydrogens (tertiary/aromatic N) is 3. The van der Waals surface area contributed by atoms with Crippen molar-refractivity contribution in [3.05, 3.63) is 113 Å². The summed E-state index contributed by atoms with van der Waals surface area (Å²) < 4.78 is 38.2. The van der Waals surface area contributed by atoms with E-state index < -0.39 is 15.3 Å². The van der Waals surface area contributed by atoms with Crippen LogP contribution in [0, 0.1) is 5.92 Å². The van der Waals surface area contributed by atoms with Crippen molar-refractivity contribution in [3.63, 3.8) is 0 Å². The van der Waals surface area contributed by atoms with Crippen LogP contribution in [0.5, 0.6) is 11.5 Å². The van der Waals surface area contributed by atoms with Gasteiger partial charge in [-0.05, 0) is 122 Å². The lowest BCUT2D eigenvalue weighted by atomic mass is 10.0. The number of sulfonamides is 1. The largest absolute Gasteiger partial charge is 0.494 e. The van der Waals surface area contributed by atoms with E-state index in [0.717, 1.165) is 23.3 Å². The molecule has 2 heterocycles. The Hall–Kier alpha value is -5.54. The predicted octanol–water partition coefficient (Wildman–Crippen LogP) is 6.66. The van der Waals surface area contributed by atoms with E-state index in [-0.39, 0.29) is 35.7 Å². The Kier molecular flexibility index (Phi) is 16.4. The Labute approximate surface area is 356 Å². The zero-order valence-electron chi connectivity index (χ0n) is 34.1. The number of nitrogens with two attached hydrogens (primary N) is 1. The lowest BCUT2D eigenvalue weighted by Crippen LogP contribution is -2.51. The maximum absolute atomic E-state index is 13.7. The molecule has 13 nitrogen and oxygen atoms in total. The third-order valence-corrected chi connectivity index (χ3v) is 11.8. The Morgan fingerprint density at radius 1 is 0.883 bits per heavy atom. The first-order valence-corrected chi connectivity index (χ1v) is 21.8. The Morgan fingerprint density at radius 3 is 2.12 bits per heavy atom. The van der Waals surface area contributed by atoms with Crippen molar-refractivity contribution in [1.29, 1.82) is 0 Å². The second kappa shape index (κ2) is 21.6. The molecule has 0 radical (unpaired) electrons. The van der Waals surface area contributed by atoms with E-state index in [1.807, 2.05) is 51.1 Å². The van der Waals surface area contributed by atoms with Gasteiger partial charge in [0.25, 0.3) is 11.1 Å². The fourth-order valence-corrected chi connectivity index (χ4v) is 8.37. The highest BCUT2D eigenvalue weighted by atomic mass is 35.5. The Balaban J connectivity index is 0.000000489. The summed E-state index contributed by atoms with van der Waals surface area (Å²) in [5.74, 6) is 1.42.